The van der Waals surface area contributed by atoms with Gasteiger partial charge in [-0.15, -0.1) is 0 Å². The molecule has 3 aromatic carbocycles. The first kappa shape index (κ1) is 16.6. The number of fused-ring (bicyclic) bond motifs is 1. The molecule has 0 radical (unpaired) electrons. The second-order valence-corrected chi connectivity index (χ2v) is 6.01. The molecule has 1 aromatic heterocycles. The van der Waals surface area contributed by atoms with Crippen LogP contribution < -0.4 is 4.74 Å². The molecule has 0 aliphatic carbocycles. The molecule has 4 rings (SSSR count). The number of hydrogen-bond acceptors (Lipinski definition) is 4. The van der Waals surface area contributed by atoms with Crippen LogP contribution in [0.2, 0.25) is 0 Å². The Morgan fingerprint density at radius 3 is 2.30 bits per heavy atom. The third kappa shape index (κ3) is 3.42. The van der Waals surface area contributed by atoms with Gasteiger partial charge in [-0.05, 0) is 48.5 Å². The van der Waals surface area contributed by atoms with Gasteiger partial charge in [0.2, 0.25) is 0 Å². The molecule has 1 unspecified atom stereocenters. The molecule has 1 N–H and O–H groups in total. The van der Waals surface area contributed by atoms with Crippen LogP contribution in [0.15, 0.2) is 78.9 Å². The topological polar surface area (TPSA) is 78.8 Å². The first-order chi connectivity index (χ1) is 13.2. The van der Waals surface area contributed by atoms with E-state index in [-0.39, 0.29) is 5.78 Å². The second-order valence-electron chi connectivity index (χ2n) is 6.01. The molecule has 0 saturated heterocycles. The number of nitriles is 1. The van der Waals surface area contributed by atoms with Crippen molar-refractivity contribution in [3.63, 3.8) is 0 Å². The van der Waals surface area contributed by atoms with Gasteiger partial charge >= 0.3 is 0 Å². The molecule has 0 aliphatic heterocycles. The predicted molar refractivity (Wildman–Crippen MR) is 102 cm³/mol. The van der Waals surface area contributed by atoms with Crippen molar-refractivity contribution in [3.8, 4) is 17.6 Å². The number of aromatic nitrogens is 2. The van der Waals surface area contributed by atoms with Gasteiger partial charge in [0, 0.05) is 5.56 Å². The normalized spacial score (nSPS) is 11.7. The van der Waals surface area contributed by atoms with Crippen LogP contribution in [0.1, 0.15) is 22.1 Å². The fourth-order valence-corrected chi connectivity index (χ4v) is 2.83. The highest BCUT2D eigenvalue weighted by Gasteiger charge is 2.25. The summed E-state index contributed by atoms with van der Waals surface area (Å²) >= 11 is 0. The summed E-state index contributed by atoms with van der Waals surface area (Å²) in [5.74, 6) is 0.401. The maximum atomic E-state index is 12.8. The van der Waals surface area contributed by atoms with Gasteiger partial charge in [0.25, 0.3) is 0 Å². The van der Waals surface area contributed by atoms with Gasteiger partial charge in [0.1, 0.15) is 17.3 Å². The van der Waals surface area contributed by atoms with E-state index in [0.29, 0.717) is 22.9 Å². The number of H-pyrrole nitrogens is 1. The minimum atomic E-state index is -0.988. The zero-order valence-electron chi connectivity index (χ0n) is 14.3. The lowest BCUT2D eigenvalue weighted by atomic mass is 9.98. The lowest BCUT2D eigenvalue weighted by Crippen LogP contribution is -2.12. The summed E-state index contributed by atoms with van der Waals surface area (Å²) in [6.07, 6.45) is 0. The van der Waals surface area contributed by atoms with E-state index in [2.05, 4.69) is 16.0 Å². The number of nitrogens with one attached hydrogen (secondary N) is 1. The van der Waals surface area contributed by atoms with E-state index >= 15 is 0 Å². The predicted octanol–water partition coefficient (Wildman–Crippen LogP) is 4.85. The van der Waals surface area contributed by atoms with Gasteiger partial charge in [0.05, 0.1) is 17.1 Å². The number of ether oxygens (including phenoxy) is 1. The Hall–Kier alpha value is -3.91. The maximum absolute atomic E-state index is 12.8. The summed E-state index contributed by atoms with van der Waals surface area (Å²) in [5, 5.41) is 9.53. The third-order valence-corrected chi connectivity index (χ3v) is 4.19. The van der Waals surface area contributed by atoms with Gasteiger partial charge in [-0.2, -0.15) is 5.26 Å². The van der Waals surface area contributed by atoms with E-state index in [4.69, 9.17) is 4.74 Å². The summed E-state index contributed by atoms with van der Waals surface area (Å²) in [6.45, 7) is 0. The molecule has 130 valence electrons. The Kier molecular flexibility index (Phi) is 4.38. The van der Waals surface area contributed by atoms with Gasteiger partial charge in [-0.3, -0.25) is 4.79 Å². The smallest absolute Gasteiger partial charge is 0.187 e. The van der Waals surface area contributed by atoms with E-state index < -0.39 is 5.92 Å². The maximum Gasteiger partial charge on any atom is 0.187 e. The molecule has 0 fully saturated rings. The average Bonchev–Trinajstić information content (AvgIpc) is 3.13. The molecule has 1 heterocycles. The highest BCUT2D eigenvalue weighted by Crippen LogP contribution is 2.25. The highest BCUT2D eigenvalue weighted by molar-refractivity contribution is 6.02. The number of para-hydroxylation sites is 3. The van der Waals surface area contributed by atoms with Crippen LogP contribution in [-0.4, -0.2) is 15.8 Å². The van der Waals surface area contributed by atoms with Crippen molar-refractivity contribution in [2.24, 2.45) is 0 Å². The highest BCUT2D eigenvalue weighted by atomic mass is 16.5. The Labute approximate surface area is 155 Å². The van der Waals surface area contributed by atoms with Crippen molar-refractivity contribution < 1.29 is 9.53 Å². The molecule has 0 spiro atoms. The molecular formula is C22H15N3O2. The third-order valence-electron chi connectivity index (χ3n) is 4.19. The van der Waals surface area contributed by atoms with E-state index in [1.807, 2.05) is 54.6 Å². The van der Waals surface area contributed by atoms with Crippen molar-refractivity contribution in [1.82, 2.24) is 9.97 Å². The number of ketones is 1. The molecule has 0 amide bonds. The van der Waals surface area contributed by atoms with Crippen molar-refractivity contribution in [2.75, 3.05) is 0 Å². The molecule has 0 saturated carbocycles. The molecule has 1 atom stereocenters. The van der Waals surface area contributed by atoms with E-state index in [1.54, 1.807) is 24.3 Å². The Morgan fingerprint density at radius 1 is 0.926 bits per heavy atom. The number of nitrogens with zero attached hydrogens (tertiary/aromatic N) is 2. The van der Waals surface area contributed by atoms with Gasteiger partial charge in [-0.25, -0.2) is 4.98 Å². The van der Waals surface area contributed by atoms with Crippen LogP contribution in [0, 0.1) is 11.3 Å². The first-order valence-electron chi connectivity index (χ1n) is 8.46. The van der Waals surface area contributed by atoms with Crippen LogP contribution in [0.3, 0.4) is 0 Å². The number of imidazole rings is 1. The first-order valence-corrected chi connectivity index (χ1v) is 8.46. The van der Waals surface area contributed by atoms with Crippen LogP contribution >= 0.6 is 0 Å². The van der Waals surface area contributed by atoms with Crippen LogP contribution in [0.4, 0.5) is 0 Å². The van der Waals surface area contributed by atoms with Gasteiger partial charge in [-0.1, -0.05) is 30.3 Å². The van der Waals surface area contributed by atoms with Crippen LogP contribution in [0.25, 0.3) is 11.0 Å². The van der Waals surface area contributed by atoms with Crippen molar-refractivity contribution in [2.45, 2.75) is 5.92 Å². The molecule has 5 heteroatoms. The summed E-state index contributed by atoms with van der Waals surface area (Å²) < 4.78 is 5.73. The summed E-state index contributed by atoms with van der Waals surface area (Å²) in [6, 6.07) is 25.6. The standard InChI is InChI=1S/C22H15N3O2/c23-14-18(22-24-19-8-4-5-9-20(19)25-22)21(26)15-10-12-17(13-11-15)27-16-6-2-1-3-7-16/h1-13,18H,(H,24,25). The lowest BCUT2D eigenvalue weighted by molar-refractivity contribution is 0.0976. The zero-order chi connectivity index (χ0) is 18.6. The van der Waals surface area contributed by atoms with Crippen molar-refractivity contribution >= 4 is 16.8 Å². The minimum Gasteiger partial charge on any atom is -0.457 e. The quantitative estimate of drug-likeness (QED) is 0.520. The summed E-state index contributed by atoms with van der Waals surface area (Å²) in [5.41, 5.74) is 1.96. The largest absolute Gasteiger partial charge is 0.457 e. The van der Waals surface area contributed by atoms with Crippen molar-refractivity contribution in [1.29, 1.82) is 5.26 Å². The lowest BCUT2D eigenvalue weighted by Gasteiger charge is -2.08. The van der Waals surface area contributed by atoms with E-state index in [9.17, 15) is 10.1 Å². The Bertz CT molecular complexity index is 1090. The van der Waals surface area contributed by atoms with Crippen LogP contribution in [0.5, 0.6) is 11.5 Å². The van der Waals surface area contributed by atoms with E-state index in [1.165, 1.54) is 0 Å². The summed E-state index contributed by atoms with van der Waals surface area (Å²) in [7, 11) is 0. The second kappa shape index (κ2) is 7.14. The van der Waals surface area contributed by atoms with Crippen LogP contribution in [-0.2, 0) is 0 Å². The van der Waals surface area contributed by atoms with E-state index in [0.717, 1.165) is 11.0 Å². The Balaban J connectivity index is 1.56. The fraction of sp³-hybridized carbons (Fsp3) is 0.0455. The molecule has 0 bridgehead atoms. The minimum absolute atomic E-state index is 0.303. The number of benzene rings is 3. The number of carbonyl (C=O) groups excluding carboxylic acids is 1. The monoisotopic (exact) mass is 353 g/mol. The SMILES string of the molecule is N#CC(C(=O)c1ccc(Oc2ccccc2)cc1)c1nc2ccccc2[nH]1. The number of carbonyl (C=O) groups is 1. The zero-order valence-corrected chi connectivity index (χ0v) is 14.3. The van der Waals surface area contributed by atoms with Gasteiger partial charge < -0.3 is 9.72 Å². The molecule has 0 aliphatic rings. The fourth-order valence-electron chi connectivity index (χ4n) is 2.83. The number of aromatic amines is 1. The molecule has 5 nitrogen and oxygen atoms in total. The average molecular weight is 353 g/mol. The Morgan fingerprint density at radius 2 is 1.59 bits per heavy atom. The number of rotatable bonds is 5. The molecular weight excluding hydrogens is 338 g/mol. The molecule has 4 aromatic rings. The number of hydrogen-bond donors (Lipinski definition) is 1. The van der Waals surface area contributed by atoms with Crippen molar-refractivity contribution in [3.05, 3.63) is 90.3 Å². The van der Waals surface area contributed by atoms with Gasteiger partial charge in [0.15, 0.2) is 11.7 Å². The summed E-state index contributed by atoms with van der Waals surface area (Å²) in [4.78, 5) is 20.2. The molecule has 27 heavy (non-hydrogen) atoms. The number of Topliss-reactive ketones (excluding diaryl/α,β-unsaturated/α-hetero) is 1.